The molecule has 254 valence electrons. The number of aryl methyl sites for hydroxylation is 2. The minimum absolute atomic E-state index is 0.0233. The number of nitrogen functional groups attached to an aromatic ring is 1. The zero-order valence-corrected chi connectivity index (χ0v) is 27.1. The summed E-state index contributed by atoms with van der Waals surface area (Å²) >= 11 is 0.737. The van der Waals surface area contributed by atoms with Crippen molar-refractivity contribution in [3.8, 4) is 16.9 Å². The van der Waals surface area contributed by atoms with E-state index < -0.39 is 58.1 Å². The molecule has 2 atom stereocenters. The van der Waals surface area contributed by atoms with E-state index in [1.54, 1.807) is 12.1 Å². The zero-order valence-electron chi connectivity index (χ0n) is 25.4. The number of aromatic nitrogens is 4. The number of hydroxylamine groups is 2. The molecule has 1 aliphatic heterocycles. The van der Waals surface area contributed by atoms with Gasteiger partial charge in [-0.2, -0.15) is 23.4 Å². The Bertz CT molecular complexity index is 1760. The highest BCUT2D eigenvalue weighted by molar-refractivity contribution is 7.80. The van der Waals surface area contributed by atoms with Crippen molar-refractivity contribution in [3.63, 3.8) is 0 Å². The van der Waals surface area contributed by atoms with E-state index in [1.807, 2.05) is 40.9 Å². The Kier molecular flexibility index (Phi) is 10.8. The molecule has 2 amide bonds. The molecule has 47 heavy (non-hydrogen) atoms. The molecular formula is C26H33N9O10S2. The normalized spacial score (nSPS) is 16.8. The number of ether oxygens (including phenoxy) is 1. The second kappa shape index (κ2) is 14.4. The molecule has 1 saturated heterocycles. The molecular weight excluding hydrogens is 662 g/mol. The Balaban J connectivity index is 1.41. The van der Waals surface area contributed by atoms with Crippen LogP contribution >= 0.6 is 11.5 Å². The van der Waals surface area contributed by atoms with E-state index in [0.717, 1.165) is 35.6 Å². The van der Waals surface area contributed by atoms with E-state index >= 15 is 0 Å². The lowest BCUT2D eigenvalue weighted by Gasteiger charge is -2.51. The molecule has 3 aromatic rings. The van der Waals surface area contributed by atoms with Crippen LogP contribution in [0.1, 0.15) is 26.1 Å². The Morgan fingerprint density at radius 1 is 1.28 bits per heavy atom. The van der Waals surface area contributed by atoms with Crippen LogP contribution in [-0.2, 0) is 47.5 Å². The molecule has 0 saturated carbocycles. The number of oxime groups is 1. The summed E-state index contributed by atoms with van der Waals surface area (Å²) in [6.07, 6.45) is 3.12. The summed E-state index contributed by atoms with van der Waals surface area (Å²) in [6, 6.07) is 6.95. The number of benzene rings is 1. The fraction of sp³-hybridized carbons (Fsp3) is 0.423. The number of carbonyl (C=O) groups is 3. The number of nitrogens with two attached hydrogens (primary N) is 2. The van der Waals surface area contributed by atoms with Crippen LogP contribution in [-0.4, -0.2) is 92.0 Å². The van der Waals surface area contributed by atoms with Gasteiger partial charge in [0, 0.05) is 18.1 Å². The number of β-lactam (4-membered cyclic amide) rings is 1. The molecule has 3 heterocycles. The van der Waals surface area contributed by atoms with Gasteiger partial charge in [0.1, 0.15) is 12.4 Å². The SMILES string of the molecule is C[n+]1cc(-c2ccc(OC[C@H](O/N=C(\C(=O)NC[C@@H]3C(=O)N(OS(=O)(=O)[O-])C3(C)C)c3nsc(N)n3)C(=O)O)cc2)cn1CCCN. The minimum Gasteiger partial charge on any atom is -0.724 e. The molecule has 2 aromatic heterocycles. The first-order valence-corrected chi connectivity index (χ1v) is 16.0. The van der Waals surface area contributed by atoms with Gasteiger partial charge in [0.15, 0.2) is 12.2 Å². The quantitative estimate of drug-likeness (QED) is 0.0341. The number of carboxylic acids is 1. The Morgan fingerprint density at radius 3 is 2.55 bits per heavy atom. The Labute approximate surface area is 272 Å². The van der Waals surface area contributed by atoms with Crippen molar-refractivity contribution in [3.05, 3.63) is 42.5 Å². The number of anilines is 1. The van der Waals surface area contributed by atoms with Gasteiger partial charge in [0.2, 0.25) is 28.1 Å². The van der Waals surface area contributed by atoms with Gasteiger partial charge in [0.25, 0.3) is 17.9 Å². The fourth-order valence-electron chi connectivity index (χ4n) is 4.52. The van der Waals surface area contributed by atoms with Crippen molar-refractivity contribution in [1.82, 2.24) is 24.4 Å². The number of hydrogen-bond donors (Lipinski definition) is 4. The van der Waals surface area contributed by atoms with Crippen LogP contribution in [0.2, 0.25) is 0 Å². The van der Waals surface area contributed by atoms with Crippen LogP contribution in [0.15, 0.2) is 41.8 Å². The summed E-state index contributed by atoms with van der Waals surface area (Å²) in [5, 5.41) is 16.2. The van der Waals surface area contributed by atoms with Crippen LogP contribution in [0.4, 0.5) is 5.13 Å². The smallest absolute Gasteiger partial charge is 0.351 e. The first-order valence-electron chi connectivity index (χ1n) is 13.9. The maximum Gasteiger partial charge on any atom is 0.351 e. The summed E-state index contributed by atoms with van der Waals surface area (Å²) in [4.78, 5) is 46.5. The molecule has 4 rings (SSSR count). The largest absolute Gasteiger partial charge is 0.724 e. The molecule has 0 aliphatic carbocycles. The highest BCUT2D eigenvalue weighted by Crippen LogP contribution is 2.37. The maximum atomic E-state index is 13.1. The van der Waals surface area contributed by atoms with Crippen LogP contribution in [0, 0.1) is 5.92 Å². The van der Waals surface area contributed by atoms with Gasteiger partial charge in [-0.3, -0.25) is 9.59 Å². The van der Waals surface area contributed by atoms with E-state index in [-0.39, 0.29) is 17.5 Å². The Morgan fingerprint density at radius 2 is 1.98 bits per heavy atom. The Hall–Kier alpha value is -4.70. The van der Waals surface area contributed by atoms with Crippen molar-refractivity contribution in [2.45, 2.75) is 38.5 Å². The maximum absolute atomic E-state index is 13.1. The first kappa shape index (κ1) is 35.2. The molecule has 1 fully saturated rings. The highest BCUT2D eigenvalue weighted by Gasteiger charge is 2.56. The third kappa shape index (κ3) is 8.56. The van der Waals surface area contributed by atoms with E-state index in [9.17, 15) is 32.5 Å². The third-order valence-electron chi connectivity index (χ3n) is 7.12. The fourth-order valence-corrected chi connectivity index (χ4v) is 5.40. The minimum atomic E-state index is -5.21. The summed E-state index contributed by atoms with van der Waals surface area (Å²) in [5.41, 5.74) is 11.3. The van der Waals surface area contributed by atoms with Gasteiger partial charge in [-0.05, 0) is 44.5 Å². The highest BCUT2D eigenvalue weighted by atomic mass is 32.3. The van der Waals surface area contributed by atoms with E-state index in [2.05, 4.69) is 24.1 Å². The van der Waals surface area contributed by atoms with Crippen molar-refractivity contribution < 1.29 is 51.0 Å². The molecule has 6 N–H and O–H groups in total. The van der Waals surface area contributed by atoms with Gasteiger partial charge >= 0.3 is 5.97 Å². The lowest BCUT2D eigenvalue weighted by molar-refractivity contribution is -0.753. The molecule has 19 nitrogen and oxygen atoms in total. The van der Waals surface area contributed by atoms with Crippen molar-refractivity contribution in [2.24, 2.45) is 23.9 Å². The van der Waals surface area contributed by atoms with E-state index in [0.29, 0.717) is 17.4 Å². The predicted molar refractivity (Wildman–Crippen MR) is 162 cm³/mol. The molecule has 1 aliphatic rings. The van der Waals surface area contributed by atoms with Gasteiger partial charge in [-0.15, -0.1) is 4.68 Å². The summed E-state index contributed by atoms with van der Waals surface area (Å²) in [7, 11) is -3.29. The molecule has 21 heteroatoms. The van der Waals surface area contributed by atoms with E-state index in [4.69, 9.17) is 21.0 Å². The number of carbonyl (C=O) groups excluding carboxylic acids is 2. The molecule has 0 unspecified atom stereocenters. The number of hydrogen-bond acceptors (Lipinski definition) is 15. The van der Waals surface area contributed by atoms with Crippen molar-refractivity contribution >= 4 is 50.6 Å². The second-order valence-electron chi connectivity index (χ2n) is 10.8. The van der Waals surface area contributed by atoms with Gasteiger partial charge in [-0.1, -0.05) is 17.3 Å². The van der Waals surface area contributed by atoms with Crippen LogP contribution in [0.5, 0.6) is 5.75 Å². The van der Waals surface area contributed by atoms with Gasteiger partial charge in [0.05, 0.1) is 29.8 Å². The van der Waals surface area contributed by atoms with Crippen molar-refractivity contribution in [1.29, 1.82) is 0 Å². The summed E-state index contributed by atoms with van der Waals surface area (Å²) in [5.74, 6) is -4.20. The number of rotatable bonds is 16. The average molecular weight is 696 g/mol. The topological polar surface area (TPSA) is 271 Å². The number of aliphatic carboxylic acids is 1. The number of nitrogens with zero attached hydrogens (tertiary/aromatic N) is 6. The lowest BCUT2D eigenvalue weighted by atomic mass is 9.78. The van der Waals surface area contributed by atoms with Crippen LogP contribution in [0.25, 0.3) is 11.1 Å². The summed E-state index contributed by atoms with van der Waals surface area (Å²) < 4.78 is 50.5. The standard InChI is InChI=1S/C26H33N9O10S2/c1-26(2)18(23(37)35(26)45-47(40,41)42)11-29-22(36)20(21-30-25(28)46-32-21)31-44-19(24(38)39)14-43-17-7-5-15(6-8-17)16-12-33(3)34(13-16)10-4-9-27/h5-8,12-13,18-19H,4,9-11,14,27H2,1-3H3,(H4-,28,29,30,32,36,38,39,40,41,42)/b31-20-/t18-,19+/m1/s1. The van der Waals surface area contributed by atoms with Crippen LogP contribution < -0.4 is 26.2 Å². The number of nitrogens with one attached hydrogen (secondary N) is 1. The lowest BCUT2D eigenvalue weighted by Crippen LogP contribution is -2.70. The number of amides is 2. The van der Waals surface area contributed by atoms with Gasteiger partial charge in [-0.25, -0.2) is 13.2 Å². The predicted octanol–water partition coefficient (Wildman–Crippen LogP) is -1.24. The first-order chi connectivity index (χ1) is 22.1. The monoisotopic (exact) mass is 695 g/mol. The molecule has 0 bridgehead atoms. The summed E-state index contributed by atoms with van der Waals surface area (Å²) in [6.45, 7) is 3.35. The zero-order chi connectivity index (χ0) is 34.5. The van der Waals surface area contributed by atoms with Gasteiger partial charge < -0.3 is 36.0 Å². The average Bonchev–Trinajstić information content (AvgIpc) is 3.60. The second-order valence-corrected chi connectivity index (χ2v) is 12.5. The molecule has 0 spiro atoms. The molecule has 0 radical (unpaired) electrons. The van der Waals surface area contributed by atoms with E-state index in [1.165, 1.54) is 13.8 Å². The molecule has 1 aromatic carbocycles. The van der Waals surface area contributed by atoms with Crippen LogP contribution in [0.3, 0.4) is 0 Å². The number of carboxylic acid groups (broad SMARTS) is 1. The van der Waals surface area contributed by atoms with Crippen molar-refractivity contribution in [2.75, 3.05) is 25.4 Å². The third-order valence-corrected chi connectivity index (χ3v) is 8.00.